The van der Waals surface area contributed by atoms with Crippen molar-refractivity contribution in [3.05, 3.63) is 0 Å². The SMILES string of the molecule is CCOC(=O)C(CN1CCCCCC1)NC. The number of ether oxygens (including phenoxy) is 1. The number of nitrogens with one attached hydrogen (secondary N) is 1. The second-order valence-electron chi connectivity index (χ2n) is 4.31. The molecule has 1 fully saturated rings. The van der Waals surface area contributed by atoms with Gasteiger partial charge in [0.15, 0.2) is 0 Å². The first-order valence-corrected chi connectivity index (χ1v) is 6.34. The van der Waals surface area contributed by atoms with E-state index < -0.39 is 0 Å². The highest BCUT2D eigenvalue weighted by Gasteiger charge is 2.21. The lowest BCUT2D eigenvalue weighted by molar-refractivity contribution is -0.146. The monoisotopic (exact) mass is 228 g/mol. The summed E-state index contributed by atoms with van der Waals surface area (Å²) < 4.78 is 5.04. The van der Waals surface area contributed by atoms with Gasteiger partial charge in [0.1, 0.15) is 6.04 Å². The Balaban J connectivity index is 2.38. The third-order valence-electron chi connectivity index (χ3n) is 3.06. The van der Waals surface area contributed by atoms with Crippen molar-refractivity contribution in [3.63, 3.8) is 0 Å². The summed E-state index contributed by atoms with van der Waals surface area (Å²) in [5, 5.41) is 3.04. The van der Waals surface area contributed by atoms with Gasteiger partial charge in [-0.05, 0) is 39.9 Å². The predicted molar refractivity (Wildman–Crippen MR) is 64.4 cm³/mol. The minimum atomic E-state index is -0.182. The van der Waals surface area contributed by atoms with E-state index in [0.717, 1.165) is 19.6 Å². The van der Waals surface area contributed by atoms with Crippen molar-refractivity contribution in [2.75, 3.05) is 33.3 Å². The second-order valence-corrected chi connectivity index (χ2v) is 4.31. The van der Waals surface area contributed by atoms with Crippen LogP contribution in [0.15, 0.2) is 0 Å². The van der Waals surface area contributed by atoms with Gasteiger partial charge < -0.3 is 15.0 Å². The summed E-state index contributed by atoms with van der Waals surface area (Å²) >= 11 is 0. The molecule has 0 spiro atoms. The van der Waals surface area contributed by atoms with Gasteiger partial charge in [0.05, 0.1) is 6.61 Å². The number of likely N-dealkylation sites (N-methyl/N-ethyl adjacent to an activating group) is 1. The average Bonchev–Trinajstić information content (AvgIpc) is 2.54. The van der Waals surface area contributed by atoms with Crippen molar-refractivity contribution in [2.24, 2.45) is 0 Å². The van der Waals surface area contributed by atoms with Crippen LogP contribution in [0.25, 0.3) is 0 Å². The van der Waals surface area contributed by atoms with E-state index in [9.17, 15) is 4.79 Å². The van der Waals surface area contributed by atoms with Crippen molar-refractivity contribution in [1.29, 1.82) is 0 Å². The number of esters is 1. The first-order chi connectivity index (χ1) is 7.77. The number of rotatable bonds is 5. The Bertz CT molecular complexity index is 201. The Morgan fingerprint density at radius 3 is 2.44 bits per heavy atom. The Labute approximate surface area is 98.3 Å². The first-order valence-electron chi connectivity index (χ1n) is 6.34. The molecule has 0 aromatic carbocycles. The summed E-state index contributed by atoms with van der Waals surface area (Å²) in [6.07, 6.45) is 5.14. The van der Waals surface area contributed by atoms with Crippen LogP contribution in [0.2, 0.25) is 0 Å². The number of hydrogen-bond acceptors (Lipinski definition) is 4. The van der Waals surface area contributed by atoms with Crippen molar-refractivity contribution >= 4 is 5.97 Å². The van der Waals surface area contributed by atoms with Gasteiger partial charge in [-0.3, -0.25) is 4.79 Å². The molecule has 0 aromatic rings. The molecule has 1 N–H and O–H groups in total. The lowest BCUT2D eigenvalue weighted by atomic mass is 10.2. The number of nitrogens with zero attached hydrogens (tertiary/aromatic N) is 1. The van der Waals surface area contributed by atoms with Gasteiger partial charge >= 0.3 is 5.97 Å². The fourth-order valence-corrected chi connectivity index (χ4v) is 2.10. The first kappa shape index (κ1) is 13.5. The molecule has 0 aliphatic carbocycles. The summed E-state index contributed by atoms with van der Waals surface area (Å²) in [5.74, 6) is -0.130. The Hall–Kier alpha value is -0.610. The molecule has 4 heteroatoms. The normalized spacial score (nSPS) is 20.1. The van der Waals surface area contributed by atoms with E-state index >= 15 is 0 Å². The van der Waals surface area contributed by atoms with E-state index in [-0.39, 0.29) is 12.0 Å². The molecule has 4 nitrogen and oxygen atoms in total. The smallest absolute Gasteiger partial charge is 0.324 e. The predicted octanol–water partition coefficient (Wildman–Crippen LogP) is 1.01. The molecule has 0 radical (unpaired) electrons. The van der Waals surface area contributed by atoms with Crippen LogP contribution in [-0.2, 0) is 9.53 Å². The average molecular weight is 228 g/mol. The molecular formula is C12H24N2O2. The molecule has 0 amide bonds. The van der Waals surface area contributed by atoms with Gasteiger partial charge in [0.2, 0.25) is 0 Å². The van der Waals surface area contributed by atoms with Crippen LogP contribution in [0.4, 0.5) is 0 Å². The molecule has 1 rings (SSSR count). The Morgan fingerprint density at radius 2 is 1.94 bits per heavy atom. The van der Waals surface area contributed by atoms with Crippen molar-refractivity contribution in [3.8, 4) is 0 Å². The van der Waals surface area contributed by atoms with E-state index in [1.807, 2.05) is 14.0 Å². The minimum absolute atomic E-state index is 0.130. The molecule has 0 saturated carbocycles. The van der Waals surface area contributed by atoms with E-state index in [2.05, 4.69) is 10.2 Å². The fourth-order valence-electron chi connectivity index (χ4n) is 2.10. The van der Waals surface area contributed by atoms with Gasteiger partial charge in [-0.1, -0.05) is 12.8 Å². The second kappa shape index (κ2) is 7.63. The summed E-state index contributed by atoms with van der Waals surface area (Å²) in [5.41, 5.74) is 0. The molecule has 1 saturated heterocycles. The van der Waals surface area contributed by atoms with Gasteiger partial charge in [0, 0.05) is 6.54 Å². The maximum absolute atomic E-state index is 11.6. The van der Waals surface area contributed by atoms with Crippen molar-refractivity contribution < 1.29 is 9.53 Å². The van der Waals surface area contributed by atoms with Gasteiger partial charge in [0.25, 0.3) is 0 Å². The van der Waals surface area contributed by atoms with E-state index in [4.69, 9.17) is 4.74 Å². The molecule has 1 atom stereocenters. The molecular weight excluding hydrogens is 204 g/mol. The number of carbonyl (C=O) groups excluding carboxylic acids is 1. The zero-order chi connectivity index (χ0) is 11.8. The molecule has 0 bridgehead atoms. The number of hydrogen-bond donors (Lipinski definition) is 1. The van der Waals surface area contributed by atoms with Gasteiger partial charge in [-0.2, -0.15) is 0 Å². The van der Waals surface area contributed by atoms with Crippen LogP contribution in [0.3, 0.4) is 0 Å². The third kappa shape index (κ3) is 4.49. The fraction of sp³-hybridized carbons (Fsp3) is 0.917. The van der Waals surface area contributed by atoms with Gasteiger partial charge in [-0.25, -0.2) is 0 Å². The maximum Gasteiger partial charge on any atom is 0.324 e. The van der Waals surface area contributed by atoms with Crippen LogP contribution in [0, 0.1) is 0 Å². The highest BCUT2D eigenvalue weighted by Crippen LogP contribution is 2.10. The zero-order valence-corrected chi connectivity index (χ0v) is 10.5. The van der Waals surface area contributed by atoms with Crippen LogP contribution in [0.5, 0.6) is 0 Å². The van der Waals surface area contributed by atoms with E-state index in [0.29, 0.717) is 6.61 Å². The Morgan fingerprint density at radius 1 is 1.31 bits per heavy atom. The highest BCUT2D eigenvalue weighted by atomic mass is 16.5. The Kier molecular flexibility index (Phi) is 6.42. The maximum atomic E-state index is 11.6. The van der Waals surface area contributed by atoms with Crippen LogP contribution >= 0.6 is 0 Å². The van der Waals surface area contributed by atoms with Gasteiger partial charge in [-0.15, -0.1) is 0 Å². The molecule has 1 heterocycles. The van der Waals surface area contributed by atoms with Crippen molar-refractivity contribution in [1.82, 2.24) is 10.2 Å². The van der Waals surface area contributed by atoms with Crippen LogP contribution < -0.4 is 5.32 Å². The lowest BCUT2D eigenvalue weighted by Gasteiger charge is -2.24. The topological polar surface area (TPSA) is 41.6 Å². The third-order valence-corrected chi connectivity index (χ3v) is 3.06. The quantitative estimate of drug-likeness (QED) is 0.713. The molecule has 1 unspecified atom stereocenters. The molecule has 16 heavy (non-hydrogen) atoms. The van der Waals surface area contributed by atoms with Crippen LogP contribution in [-0.4, -0.2) is 50.2 Å². The van der Waals surface area contributed by atoms with Crippen LogP contribution in [0.1, 0.15) is 32.6 Å². The molecule has 1 aliphatic rings. The van der Waals surface area contributed by atoms with E-state index in [1.54, 1.807) is 0 Å². The summed E-state index contributed by atoms with van der Waals surface area (Å²) in [4.78, 5) is 14.0. The standard InChI is InChI=1S/C12H24N2O2/c1-3-16-12(15)11(13-2)10-14-8-6-4-5-7-9-14/h11,13H,3-10H2,1-2H3. The summed E-state index contributed by atoms with van der Waals surface area (Å²) in [7, 11) is 1.82. The summed E-state index contributed by atoms with van der Waals surface area (Å²) in [6, 6.07) is -0.182. The van der Waals surface area contributed by atoms with E-state index in [1.165, 1.54) is 25.7 Å². The largest absolute Gasteiger partial charge is 0.465 e. The molecule has 1 aliphatic heterocycles. The molecule has 0 aromatic heterocycles. The minimum Gasteiger partial charge on any atom is -0.465 e. The zero-order valence-electron chi connectivity index (χ0n) is 10.5. The number of carbonyl (C=O) groups is 1. The summed E-state index contributed by atoms with van der Waals surface area (Å²) in [6.45, 7) is 5.29. The molecule has 94 valence electrons. The lowest BCUT2D eigenvalue weighted by Crippen LogP contribution is -2.45. The number of likely N-dealkylation sites (tertiary alicyclic amines) is 1. The highest BCUT2D eigenvalue weighted by molar-refractivity contribution is 5.76. The van der Waals surface area contributed by atoms with Crippen molar-refractivity contribution in [2.45, 2.75) is 38.6 Å².